The summed E-state index contributed by atoms with van der Waals surface area (Å²) in [6.45, 7) is 8.68. The molecule has 0 aromatic heterocycles. The van der Waals surface area contributed by atoms with E-state index in [4.69, 9.17) is 0 Å². The normalized spacial score (nSPS) is 32.7. The molecule has 3 heteroatoms. The first-order valence-corrected chi connectivity index (χ1v) is 4.98. The zero-order valence-electron chi connectivity index (χ0n) is 7.60. The summed E-state index contributed by atoms with van der Waals surface area (Å²) in [4.78, 5) is 0. The third-order valence-corrected chi connectivity index (χ3v) is 3.04. The fourth-order valence-corrected chi connectivity index (χ4v) is 1.64. The molecule has 0 spiro atoms. The second-order valence-corrected chi connectivity index (χ2v) is 5.15. The first-order valence-electron chi connectivity index (χ1n) is 4.19. The molecule has 1 rings (SSSR count). The molecule has 0 saturated heterocycles. The Balaban J connectivity index is 2.32. The van der Waals surface area contributed by atoms with Gasteiger partial charge in [0.15, 0.2) is 0 Å². The van der Waals surface area contributed by atoms with E-state index in [1.807, 2.05) is 0 Å². The highest BCUT2D eigenvalue weighted by atomic mass is 79.9. The Morgan fingerprint density at radius 3 is 2.67 bits per heavy atom. The quantitative estimate of drug-likeness (QED) is 0.778. The Bertz CT molecular complexity index is 191. The summed E-state index contributed by atoms with van der Waals surface area (Å²) in [5.41, 5.74) is 0.0163. The van der Waals surface area contributed by atoms with Crippen LogP contribution >= 0.6 is 15.9 Å². The molecule has 2 nitrogen and oxygen atoms in total. The average Bonchev–Trinajstić information content (AvgIpc) is 1.97. The molecule has 2 unspecified atom stereocenters. The topological polar surface area (TPSA) is 32.3 Å². The number of nitrogens with one attached hydrogen (secondary N) is 1. The highest BCUT2D eigenvalue weighted by Gasteiger charge is 2.46. The van der Waals surface area contributed by atoms with E-state index in [0.29, 0.717) is 6.04 Å². The number of aliphatic hydroxyl groups is 1. The predicted molar refractivity (Wildman–Crippen MR) is 54.3 cm³/mol. The van der Waals surface area contributed by atoms with Gasteiger partial charge in [0.1, 0.15) is 0 Å². The third kappa shape index (κ3) is 1.90. The van der Waals surface area contributed by atoms with Crippen LogP contribution in [0, 0.1) is 5.41 Å². The minimum Gasteiger partial charge on any atom is -0.392 e. The van der Waals surface area contributed by atoms with Crippen LogP contribution < -0.4 is 5.32 Å². The van der Waals surface area contributed by atoms with Crippen LogP contribution in [0.1, 0.15) is 20.3 Å². The highest BCUT2D eigenvalue weighted by molar-refractivity contribution is 9.11. The largest absolute Gasteiger partial charge is 0.392 e. The fourth-order valence-electron chi connectivity index (χ4n) is 1.48. The zero-order valence-corrected chi connectivity index (χ0v) is 9.19. The molecule has 1 aliphatic carbocycles. The number of halogens is 1. The summed E-state index contributed by atoms with van der Waals surface area (Å²) in [6.07, 6.45) is 0.700. The summed E-state index contributed by atoms with van der Waals surface area (Å²) in [5, 5.41) is 12.8. The van der Waals surface area contributed by atoms with Gasteiger partial charge in [-0.2, -0.15) is 0 Å². The van der Waals surface area contributed by atoms with Gasteiger partial charge in [0, 0.05) is 22.5 Å². The van der Waals surface area contributed by atoms with E-state index >= 15 is 0 Å². The van der Waals surface area contributed by atoms with Gasteiger partial charge < -0.3 is 10.4 Å². The zero-order chi connectivity index (χ0) is 9.35. The monoisotopic (exact) mass is 233 g/mol. The lowest BCUT2D eigenvalue weighted by Gasteiger charge is -2.49. The van der Waals surface area contributed by atoms with Crippen LogP contribution in [-0.4, -0.2) is 23.8 Å². The number of hydrogen-bond acceptors (Lipinski definition) is 2. The van der Waals surface area contributed by atoms with Gasteiger partial charge in [-0.25, -0.2) is 0 Å². The number of rotatable bonds is 3. The molecule has 0 radical (unpaired) electrons. The van der Waals surface area contributed by atoms with Gasteiger partial charge >= 0.3 is 0 Å². The molecule has 1 fully saturated rings. The van der Waals surface area contributed by atoms with Crippen molar-refractivity contribution >= 4 is 15.9 Å². The molecule has 2 atom stereocenters. The van der Waals surface area contributed by atoms with E-state index in [-0.39, 0.29) is 11.5 Å². The average molecular weight is 234 g/mol. The SMILES string of the molecule is C=C(Br)CNC1CC(O)C1(C)C. The fraction of sp³-hybridized carbons (Fsp3) is 0.778. The lowest BCUT2D eigenvalue weighted by Crippen LogP contribution is -2.60. The smallest absolute Gasteiger partial charge is 0.0621 e. The van der Waals surface area contributed by atoms with Crippen LogP contribution in [0.5, 0.6) is 0 Å². The summed E-state index contributed by atoms with van der Waals surface area (Å²) >= 11 is 3.29. The van der Waals surface area contributed by atoms with Crippen molar-refractivity contribution in [3.05, 3.63) is 11.1 Å². The summed E-state index contributed by atoms with van der Waals surface area (Å²) in [7, 11) is 0. The maximum atomic E-state index is 9.44. The van der Waals surface area contributed by atoms with Crippen molar-refractivity contribution in [2.45, 2.75) is 32.4 Å². The van der Waals surface area contributed by atoms with Gasteiger partial charge in [0.05, 0.1) is 6.10 Å². The maximum Gasteiger partial charge on any atom is 0.0621 e. The first-order chi connectivity index (χ1) is 5.44. The first kappa shape index (κ1) is 10.2. The van der Waals surface area contributed by atoms with Crippen LogP contribution in [0.2, 0.25) is 0 Å². The Kier molecular flexibility index (Phi) is 2.97. The standard InChI is InChI=1S/C9H16BrNO/c1-6(10)5-11-7-4-8(12)9(7,2)3/h7-8,11-12H,1,4-5H2,2-3H3. The van der Waals surface area contributed by atoms with Crippen molar-refractivity contribution < 1.29 is 5.11 Å². The predicted octanol–water partition coefficient (Wildman–Crippen LogP) is 1.64. The van der Waals surface area contributed by atoms with E-state index in [9.17, 15) is 5.11 Å². The Hall–Kier alpha value is 0.140. The Morgan fingerprint density at radius 2 is 2.33 bits per heavy atom. The van der Waals surface area contributed by atoms with Crippen molar-refractivity contribution in [2.75, 3.05) is 6.54 Å². The van der Waals surface area contributed by atoms with Crippen molar-refractivity contribution in [1.29, 1.82) is 0 Å². The molecule has 12 heavy (non-hydrogen) atoms. The molecular formula is C9H16BrNO. The molecule has 2 N–H and O–H groups in total. The second kappa shape index (κ2) is 3.48. The summed E-state index contributed by atoms with van der Waals surface area (Å²) in [6, 6.07) is 0.418. The second-order valence-electron chi connectivity index (χ2n) is 4.02. The van der Waals surface area contributed by atoms with Crippen molar-refractivity contribution in [3.8, 4) is 0 Å². The van der Waals surface area contributed by atoms with Crippen molar-refractivity contribution in [3.63, 3.8) is 0 Å². The third-order valence-electron chi connectivity index (χ3n) is 2.76. The summed E-state index contributed by atoms with van der Waals surface area (Å²) in [5.74, 6) is 0. The van der Waals surface area contributed by atoms with Gasteiger partial charge in [-0.05, 0) is 6.42 Å². The summed E-state index contributed by atoms with van der Waals surface area (Å²) < 4.78 is 0.958. The highest BCUT2D eigenvalue weighted by Crippen LogP contribution is 2.40. The number of aliphatic hydroxyl groups excluding tert-OH is 1. The maximum absolute atomic E-state index is 9.44. The van der Waals surface area contributed by atoms with Gasteiger partial charge in [-0.15, -0.1) is 0 Å². The molecule has 1 saturated carbocycles. The molecule has 0 aromatic rings. The lowest BCUT2D eigenvalue weighted by atomic mass is 9.64. The lowest BCUT2D eigenvalue weighted by molar-refractivity contribution is -0.0712. The molecule has 0 aliphatic heterocycles. The van der Waals surface area contributed by atoms with Crippen LogP contribution in [0.15, 0.2) is 11.1 Å². The molecule has 1 aliphatic rings. The van der Waals surface area contributed by atoms with E-state index in [1.54, 1.807) is 0 Å². The molecule has 0 bridgehead atoms. The van der Waals surface area contributed by atoms with Crippen LogP contribution in [0.3, 0.4) is 0 Å². The van der Waals surface area contributed by atoms with E-state index < -0.39 is 0 Å². The van der Waals surface area contributed by atoms with Gasteiger partial charge in [-0.1, -0.05) is 36.4 Å². The van der Waals surface area contributed by atoms with Gasteiger partial charge in [-0.3, -0.25) is 0 Å². The minimum atomic E-state index is -0.154. The number of hydrogen-bond donors (Lipinski definition) is 2. The molecule has 0 heterocycles. The van der Waals surface area contributed by atoms with Crippen LogP contribution in [0.4, 0.5) is 0 Å². The van der Waals surface area contributed by atoms with Gasteiger partial charge in [0.25, 0.3) is 0 Å². The Morgan fingerprint density at radius 1 is 1.75 bits per heavy atom. The van der Waals surface area contributed by atoms with Crippen molar-refractivity contribution in [1.82, 2.24) is 5.32 Å². The minimum absolute atomic E-state index is 0.0163. The van der Waals surface area contributed by atoms with E-state index in [1.165, 1.54) is 0 Å². The molecule has 70 valence electrons. The Labute approximate surface area is 82.2 Å². The van der Waals surface area contributed by atoms with Crippen molar-refractivity contribution in [2.24, 2.45) is 5.41 Å². The van der Waals surface area contributed by atoms with Gasteiger partial charge in [0.2, 0.25) is 0 Å². The molecule has 0 amide bonds. The van der Waals surface area contributed by atoms with E-state index in [2.05, 4.69) is 41.7 Å². The molecular weight excluding hydrogens is 218 g/mol. The van der Waals surface area contributed by atoms with Crippen LogP contribution in [-0.2, 0) is 0 Å². The molecule has 0 aromatic carbocycles. The van der Waals surface area contributed by atoms with Crippen LogP contribution in [0.25, 0.3) is 0 Å². The van der Waals surface area contributed by atoms with E-state index in [0.717, 1.165) is 17.4 Å².